The molecule has 1 unspecified atom stereocenters. The van der Waals surface area contributed by atoms with Crippen LogP contribution in [0.5, 0.6) is 0 Å². The van der Waals surface area contributed by atoms with E-state index >= 15 is 4.39 Å². The highest BCUT2D eigenvalue weighted by Gasteiger charge is 2.76. The fraction of sp³-hybridized carbons (Fsp3) is 0.621. The molecule has 0 amide bonds. The Balaban J connectivity index is 1.51. The Kier molecular flexibility index (Phi) is 6.34. The average Bonchev–Trinajstić information content (AvgIpc) is 3.11. The minimum atomic E-state index is -2.20. The van der Waals surface area contributed by atoms with Crippen LogP contribution in [0, 0.1) is 22.7 Å². The first kappa shape index (κ1) is 26.4. The molecule has 3 fully saturated rings. The molecule has 8 atom stereocenters. The number of halogens is 1. The summed E-state index contributed by atoms with van der Waals surface area (Å²) in [7, 11) is 0. The Labute approximate surface area is 215 Å². The maximum atomic E-state index is 17.4. The van der Waals surface area contributed by atoms with Gasteiger partial charge in [-0.25, -0.2) is 4.39 Å². The highest BCUT2D eigenvalue weighted by molar-refractivity contribution is 5.97. The minimum Gasteiger partial charge on any atom is -0.390 e. The van der Waals surface area contributed by atoms with Crippen LogP contribution in [0.15, 0.2) is 42.0 Å². The summed E-state index contributed by atoms with van der Waals surface area (Å²) in [6.07, 6.45) is 0.107. The summed E-state index contributed by atoms with van der Waals surface area (Å²) in [6, 6.07) is 8.50. The summed E-state index contributed by atoms with van der Waals surface area (Å²) in [4.78, 5) is 37.9. The van der Waals surface area contributed by atoms with Gasteiger partial charge in [0.05, 0.1) is 12.2 Å². The van der Waals surface area contributed by atoms with E-state index in [0.29, 0.717) is 24.0 Å². The lowest BCUT2D eigenvalue weighted by Gasteiger charge is -2.63. The lowest BCUT2D eigenvalue weighted by atomic mass is 9.44. The van der Waals surface area contributed by atoms with E-state index in [2.05, 4.69) is 0 Å². The quantitative estimate of drug-likeness (QED) is 0.499. The van der Waals surface area contributed by atoms with Crippen LogP contribution in [0.4, 0.5) is 4.39 Å². The van der Waals surface area contributed by atoms with Crippen LogP contribution in [0.2, 0.25) is 0 Å². The van der Waals surface area contributed by atoms with E-state index in [1.54, 1.807) is 44.2 Å². The standard InChI is InChI=1S/C29H35FO7/c1-26-11-10-19(32)12-18(26)8-9-20-21-13-25(37-16-22(33)17-6-4-3-5-7-17)29(36,24(35)15-31)27(21,2)14-23(34)28(20,26)30/h3-7,12,20-21,23,25,31,34,36H,8-11,13-16H2,1-2H3/t20-,21-,23-,25+,26-,27-,28?,29+/m0/s1. The van der Waals surface area contributed by atoms with Crippen molar-refractivity contribution in [1.82, 2.24) is 0 Å². The molecule has 0 aliphatic heterocycles. The number of aliphatic hydroxyl groups excluding tert-OH is 2. The Hall–Kier alpha value is -2.26. The fourth-order valence-electron chi connectivity index (χ4n) is 8.25. The van der Waals surface area contributed by atoms with Gasteiger partial charge in [0.25, 0.3) is 0 Å². The molecule has 3 saturated carbocycles. The number of Topliss-reactive ketones (excluding diaryl/α,β-unsaturated/α-hetero) is 2. The molecule has 3 N–H and O–H groups in total. The van der Waals surface area contributed by atoms with E-state index in [4.69, 9.17) is 4.74 Å². The predicted octanol–water partition coefficient (Wildman–Crippen LogP) is 2.75. The van der Waals surface area contributed by atoms with Crippen LogP contribution in [0.3, 0.4) is 0 Å². The molecule has 0 bridgehead atoms. The van der Waals surface area contributed by atoms with Crippen molar-refractivity contribution in [2.24, 2.45) is 22.7 Å². The van der Waals surface area contributed by atoms with Crippen molar-refractivity contribution in [3.05, 3.63) is 47.5 Å². The Morgan fingerprint density at radius 1 is 1.14 bits per heavy atom. The third-order valence-electron chi connectivity index (χ3n) is 10.3. The summed E-state index contributed by atoms with van der Waals surface area (Å²) >= 11 is 0. The Morgan fingerprint density at radius 2 is 1.84 bits per heavy atom. The first-order valence-corrected chi connectivity index (χ1v) is 13.1. The van der Waals surface area contributed by atoms with Gasteiger partial charge in [0.15, 0.2) is 23.0 Å². The van der Waals surface area contributed by atoms with Gasteiger partial charge in [0, 0.05) is 28.7 Å². The topological polar surface area (TPSA) is 121 Å². The number of carbonyl (C=O) groups is 3. The zero-order chi connectivity index (χ0) is 26.8. The molecule has 0 aromatic heterocycles. The van der Waals surface area contributed by atoms with Crippen molar-refractivity contribution in [3.8, 4) is 0 Å². The van der Waals surface area contributed by atoms with Gasteiger partial charge in [-0.15, -0.1) is 0 Å². The fourth-order valence-corrected chi connectivity index (χ4v) is 8.25. The van der Waals surface area contributed by atoms with Gasteiger partial charge in [-0.1, -0.05) is 49.8 Å². The third-order valence-corrected chi connectivity index (χ3v) is 10.3. The molecule has 1 aromatic rings. The van der Waals surface area contributed by atoms with Crippen molar-refractivity contribution in [2.45, 2.75) is 75.9 Å². The SMILES string of the molecule is C[C@]12CCC(=O)C=C1CC[C@H]1[C@@H]3C[C@@H](OCC(=O)c4ccccc4)[C@](O)(C(=O)CO)[C@@]3(C)C[C@H](O)C12F. The molecule has 4 aliphatic rings. The van der Waals surface area contributed by atoms with E-state index in [1.807, 2.05) is 0 Å². The van der Waals surface area contributed by atoms with Crippen LogP contribution in [-0.2, 0) is 14.3 Å². The normalized spacial score (nSPS) is 42.9. The summed E-state index contributed by atoms with van der Waals surface area (Å²) in [6.45, 7) is 2.10. The van der Waals surface area contributed by atoms with Gasteiger partial charge in [-0.2, -0.15) is 0 Å². The summed E-state index contributed by atoms with van der Waals surface area (Å²) < 4.78 is 23.3. The summed E-state index contributed by atoms with van der Waals surface area (Å²) in [5.41, 5.74) is -5.44. The van der Waals surface area contributed by atoms with Gasteiger partial charge in [0.1, 0.15) is 18.9 Å². The predicted molar refractivity (Wildman–Crippen MR) is 131 cm³/mol. The number of fused-ring (bicyclic) bond motifs is 5. The molecule has 0 heterocycles. The molecule has 0 radical (unpaired) electrons. The van der Waals surface area contributed by atoms with Crippen molar-refractivity contribution in [1.29, 1.82) is 0 Å². The molecule has 1 aromatic carbocycles. The monoisotopic (exact) mass is 514 g/mol. The van der Waals surface area contributed by atoms with Crippen molar-refractivity contribution in [2.75, 3.05) is 13.2 Å². The first-order chi connectivity index (χ1) is 17.4. The molecule has 8 heteroatoms. The maximum absolute atomic E-state index is 17.4. The number of ether oxygens (including phenoxy) is 1. The lowest BCUT2D eigenvalue weighted by Crippen LogP contribution is -2.70. The number of aliphatic hydroxyl groups is 3. The maximum Gasteiger partial charge on any atom is 0.192 e. The number of benzene rings is 1. The lowest BCUT2D eigenvalue weighted by molar-refractivity contribution is -0.231. The van der Waals surface area contributed by atoms with Crippen LogP contribution in [-0.4, -0.2) is 69.4 Å². The molecule has 5 rings (SSSR count). The molecule has 200 valence electrons. The highest BCUT2D eigenvalue weighted by Crippen LogP contribution is 2.70. The van der Waals surface area contributed by atoms with E-state index in [1.165, 1.54) is 6.08 Å². The van der Waals surface area contributed by atoms with E-state index in [0.717, 1.165) is 0 Å². The van der Waals surface area contributed by atoms with Gasteiger partial charge >= 0.3 is 0 Å². The van der Waals surface area contributed by atoms with Crippen LogP contribution < -0.4 is 0 Å². The second-order valence-electron chi connectivity index (χ2n) is 11.8. The van der Waals surface area contributed by atoms with Crippen molar-refractivity contribution in [3.63, 3.8) is 0 Å². The Morgan fingerprint density at radius 3 is 2.51 bits per heavy atom. The molecular formula is C29H35FO7. The minimum absolute atomic E-state index is 0.0370. The molecule has 37 heavy (non-hydrogen) atoms. The first-order valence-electron chi connectivity index (χ1n) is 13.1. The largest absolute Gasteiger partial charge is 0.390 e. The Bertz CT molecular complexity index is 1150. The number of carbonyl (C=O) groups excluding carboxylic acids is 3. The van der Waals surface area contributed by atoms with Gasteiger partial charge in [0.2, 0.25) is 0 Å². The number of allylic oxidation sites excluding steroid dienone is 1. The van der Waals surface area contributed by atoms with Crippen LogP contribution in [0.25, 0.3) is 0 Å². The summed E-state index contributed by atoms with van der Waals surface area (Å²) in [5, 5.41) is 33.2. The molecule has 0 spiro atoms. The van der Waals surface area contributed by atoms with Crippen LogP contribution >= 0.6 is 0 Å². The number of ketones is 3. The number of rotatable bonds is 6. The number of hydrogen-bond donors (Lipinski definition) is 3. The second kappa shape index (κ2) is 8.90. The molecule has 7 nitrogen and oxygen atoms in total. The van der Waals surface area contributed by atoms with E-state index in [9.17, 15) is 29.7 Å². The highest BCUT2D eigenvalue weighted by atomic mass is 19.1. The van der Waals surface area contributed by atoms with Gasteiger partial charge < -0.3 is 20.1 Å². The number of alkyl halides is 1. The zero-order valence-electron chi connectivity index (χ0n) is 21.3. The van der Waals surface area contributed by atoms with Crippen molar-refractivity contribution < 1.29 is 38.8 Å². The van der Waals surface area contributed by atoms with E-state index < -0.39 is 58.5 Å². The number of hydrogen-bond acceptors (Lipinski definition) is 7. The molecular weight excluding hydrogens is 479 g/mol. The molecule has 4 aliphatic carbocycles. The smallest absolute Gasteiger partial charge is 0.192 e. The van der Waals surface area contributed by atoms with Crippen molar-refractivity contribution >= 4 is 17.3 Å². The zero-order valence-corrected chi connectivity index (χ0v) is 21.3. The second-order valence-corrected chi connectivity index (χ2v) is 11.8. The average molecular weight is 515 g/mol. The van der Waals surface area contributed by atoms with E-state index in [-0.39, 0.29) is 43.9 Å². The molecule has 0 saturated heterocycles. The van der Waals surface area contributed by atoms with Gasteiger partial charge in [-0.3, -0.25) is 14.4 Å². The third kappa shape index (κ3) is 3.49. The summed E-state index contributed by atoms with van der Waals surface area (Å²) in [5.74, 6) is -2.47. The van der Waals surface area contributed by atoms with Crippen LogP contribution in [0.1, 0.15) is 62.7 Å². The van der Waals surface area contributed by atoms with Gasteiger partial charge in [-0.05, 0) is 44.1 Å².